The monoisotopic (exact) mass is 464 g/mol. The number of nitrogens with two attached hydrogens (primary N) is 1. The Balaban J connectivity index is 1.34. The molecule has 1 amide bonds. The second-order valence-corrected chi connectivity index (χ2v) is 9.40. The first-order chi connectivity index (χ1) is 15.3. The van der Waals surface area contributed by atoms with E-state index < -0.39 is 24.0 Å². The summed E-state index contributed by atoms with van der Waals surface area (Å²) in [5.74, 6) is -1.22. The lowest BCUT2D eigenvalue weighted by molar-refractivity contribution is -0.158. The van der Waals surface area contributed by atoms with Crippen LogP contribution in [0.1, 0.15) is 35.4 Å². The molecule has 0 radical (unpaired) electrons. The van der Waals surface area contributed by atoms with Crippen LogP contribution in [0, 0.1) is 5.92 Å². The van der Waals surface area contributed by atoms with Crippen molar-refractivity contribution in [2.24, 2.45) is 11.7 Å². The van der Waals surface area contributed by atoms with Crippen LogP contribution in [0.25, 0.3) is 16.8 Å². The lowest BCUT2D eigenvalue weighted by Gasteiger charge is -2.31. The SMILES string of the molecule is NC1CCN(c2cnc3c(-c4csc(C(=O)NC(C5CC5)C(F)(F)F)c4)cnn3c2)CC1. The molecule has 0 spiro atoms. The molecular formula is C21H23F3N6OS. The topological polar surface area (TPSA) is 88.5 Å². The number of nitrogens with zero attached hydrogens (tertiary/aromatic N) is 4. The molecule has 1 unspecified atom stereocenters. The molecule has 3 aromatic heterocycles. The van der Waals surface area contributed by atoms with E-state index in [-0.39, 0.29) is 10.9 Å². The van der Waals surface area contributed by atoms with Crippen molar-refractivity contribution in [2.75, 3.05) is 18.0 Å². The molecule has 11 heteroatoms. The quantitative estimate of drug-likeness (QED) is 0.604. The third kappa shape index (κ3) is 4.18. The lowest BCUT2D eigenvalue weighted by Crippen LogP contribution is -2.46. The van der Waals surface area contributed by atoms with E-state index in [0.717, 1.165) is 48.5 Å². The van der Waals surface area contributed by atoms with Crippen molar-refractivity contribution < 1.29 is 18.0 Å². The molecule has 170 valence electrons. The van der Waals surface area contributed by atoms with Gasteiger partial charge in [-0.2, -0.15) is 18.3 Å². The molecule has 1 aliphatic carbocycles. The number of hydrogen-bond donors (Lipinski definition) is 2. The smallest absolute Gasteiger partial charge is 0.369 e. The van der Waals surface area contributed by atoms with Gasteiger partial charge in [-0.25, -0.2) is 9.50 Å². The number of carbonyl (C=O) groups is 1. The van der Waals surface area contributed by atoms with E-state index in [0.29, 0.717) is 24.1 Å². The fourth-order valence-corrected chi connectivity index (χ4v) is 4.90. The van der Waals surface area contributed by atoms with Crippen LogP contribution in [-0.4, -0.2) is 51.9 Å². The van der Waals surface area contributed by atoms with E-state index in [1.807, 2.05) is 6.20 Å². The summed E-state index contributed by atoms with van der Waals surface area (Å²) in [7, 11) is 0. The van der Waals surface area contributed by atoms with Gasteiger partial charge in [-0.3, -0.25) is 4.79 Å². The van der Waals surface area contributed by atoms with Gasteiger partial charge in [0.15, 0.2) is 5.65 Å². The molecule has 1 atom stereocenters. The molecule has 1 aliphatic heterocycles. The van der Waals surface area contributed by atoms with Gasteiger partial charge < -0.3 is 16.0 Å². The van der Waals surface area contributed by atoms with Gasteiger partial charge in [0.1, 0.15) is 6.04 Å². The largest absolute Gasteiger partial charge is 0.408 e. The summed E-state index contributed by atoms with van der Waals surface area (Å²) in [6.07, 6.45) is 3.75. The van der Waals surface area contributed by atoms with E-state index in [1.165, 1.54) is 0 Å². The molecule has 2 fully saturated rings. The van der Waals surface area contributed by atoms with Crippen molar-refractivity contribution in [3.63, 3.8) is 0 Å². The molecule has 32 heavy (non-hydrogen) atoms. The summed E-state index contributed by atoms with van der Waals surface area (Å²) in [5, 5.41) is 8.31. The van der Waals surface area contributed by atoms with Gasteiger partial charge in [0.25, 0.3) is 5.91 Å². The summed E-state index contributed by atoms with van der Waals surface area (Å²) in [6, 6.07) is 0.0424. The zero-order valence-electron chi connectivity index (χ0n) is 17.2. The van der Waals surface area contributed by atoms with Crippen LogP contribution in [0.2, 0.25) is 0 Å². The van der Waals surface area contributed by atoms with Crippen LogP contribution in [-0.2, 0) is 0 Å². The second kappa shape index (κ2) is 8.04. The third-order valence-electron chi connectivity index (χ3n) is 6.11. The highest BCUT2D eigenvalue weighted by molar-refractivity contribution is 7.12. The van der Waals surface area contributed by atoms with Gasteiger partial charge >= 0.3 is 6.18 Å². The second-order valence-electron chi connectivity index (χ2n) is 8.49. The molecule has 1 saturated carbocycles. The van der Waals surface area contributed by atoms with Gasteiger partial charge in [-0.05, 0) is 48.6 Å². The first kappa shape index (κ1) is 21.2. The molecule has 3 N–H and O–H groups in total. The summed E-state index contributed by atoms with van der Waals surface area (Å²) < 4.78 is 41.4. The van der Waals surface area contributed by atoms with Gasteiger partial charge in [0, 0.05) is 24.7 Å². The molecular weight excluding hydrogens is 441 g/mol. The number of anilines is 1. The first-order valence-corrected chi connectivity index (χ1v) is 11.5. The highest BCUT2D eigenvalue weighted by Crippen LogP contribution is 2.40. The predicted octanol–water partition coefficient (Wildman–Crippen LogP) is 3.46. The highest BCUT2D eigenvalue weighted by Gasteiger charge is 2.49. The zero-order valence-corrected chi connectivity index (χ0v) is 18.0. The fraction of sp³-hybridized carbons (Fsp3) is 0.476. The van der Waals surface area contributed by atoms with Crippen molar-refractivity contribution in [3.05, 3.63) is 34.9 Å². The van der Waals surface area contributed by atoms with E-state index in [1.54, 1.807) is 28.4 Å². The maximum atomic E-state index is 13.2. The Kier molecular flexibility index (Phi) is 5.32. The fourth-order valence-electron chi connectivity index (χ4n) is 4.09. The number of nitrogens with one attached hydrogen (secondary N) is 1. The summed E-state index contributed by atoms with van der Waals surface area (Å²) in [4.78, 5) is 19.5. The van der Waals surface area contributed by atoms with Crippen LogP contribution >= 0.6 is 11.3 Å². The van der Waals surface area contributed by atoms with Crippen LogP contribution in [0.3, 0.4) is 0 Å². The van der Waals surface area contributed by atoms with Crippen molar-refractivity contribution in [2.45, 2.75) is 43.9 Å². The first-order valence-electron chi connectivity index (χ1n) is 10.6. The average Bonchev–Trinajstić information content (AvgIpc) is 3.30. The van der Waals surface area contributed by atoms with E-state index in [2.05, 4.69) is 20.3 Å². The zero-order chi connectivity index (χ0) is 22.5. The van der Waals surface area contributed by atoms with Gasteiger partial charge in [-0.1, -0.05) is 0 Å². The van der Waals surface area contributed by atoms with Crippen LogP contribution in [0.15, 0.2) is 30.0 Å². The number of fused-ring (bicyclic) bond motifs is 1. The Bertz CT molecular complexity index is 1130. The van der Waals surface area contributed by atoms with Crippen molar-refractivity contribution >= 4 is 28.6 Å². The number of hydrogen-bond acceptors (Lipinski definition) is 6. The predicted molar refractivity (Wildman–Crippen MR) is 116 cm³/mol. The highest BCUT2D eigenvalue weighted by atomic mass is 32.1. The molecule has 3 aromatic rings. The Morgan fingerprint density at radius 1 is 1.22 bits per heavy atom. The molecule has 7 nitrogen and oxygen atoms in total. The third-order valence-corrected chi connectivity index (χ3v) is 7.04. The minimum absolute atomic E-state index is 0.232. The minimum atomic E-state index is -4.44. The number of aromatic nitrogens is 3. The van der Waals surface area contributed by atoms with E-state index in [9.17, 15) is 18.0 Å². The number of piperidine rings is 1. The van der Waals surface area contributed by atoms with Crippen LogP contribution in [0.4, 0.5) is 18.9 Å². The molecule has 2 aliphatic rings. The normalized spacial score (nSPS) is 18.8. The molecule has 0 aromatic carbocycles. The average molecular weight is 465 g/mol. The summed E-state index contributed by atoms with van der Waals surface area (Å²) in [6.45, 7) is 1.73. The van der Waals surface area contributed by atoms with E-state index >= 15 is 0 Å². The van der Waals surface area contributed by atoms with Crippen molar-refractivity contribution in [3.8, 4) is 11.1 Å². The number of amides is 1. The van der Waals surface area contributed by atoms with Crippen LogP contribution < -0.4 is 16.0 Å². The number of carbonyl (C=O) groups excluding carboxylic acids is 1. The van der Waals surface area contributed by atoms with Gasteiger partial charge in [0.2, 0.25) is 0 Å². The number of alkyl halides is 3. The molecule has 1 saturated heterocycles. The summed E-state index contributed by atoms with van der Waals surface area (Å²) >= 11 is 1.11. The molecule has 5 rings (SSSR count). The lowest BCUT2D eigenvalue weighted by atomic mass is 10.1. The Hall–Kier alpha value is -2.66. The van der Waals surface area contributed by atoms with Gasteiger partial charge in [0.05, 0.1) is 29.2 Å². The maximum Gasteiger partial charge on any atom is 0.408 e. The molecule has 4 heterocycles. The Labute approximate surface area is 186 Å². The number of thiophene rings is 1. The maximum absolute atomic E-state index is 13.2. The minimum Gasteiger partial charge on any atom is -0.369 e. The van der Waals surface area contributed by atoms with Crippen molar-refractivity contribution in [1.29, 1.82) is 0 Å². The Morgan fingerprint density at radius 2 is 1.97 bits per heavy atom. The Morgan fingerprint density at radius 3 is 2.66 bits per heavy atom. The van der Waals surface area contributed by atoms with Gasteiger partial charge in [-0.15, -0.1) is 11.3 Å². The van der Waals surface area contributed by atoms with Crippen molar-refractivity contribution in [1.82, 2.24) is 19.9 Å². The summed E-state index contributed by atoms with van der Waals surface area (Å²) in [5.41, 5.74) is 8.99. The molecule has 0 bridgehead atoms. The number of halogens is 3. The standard InChI is InChI=1S/C21H23F3N6OS/c22-21(23,24)18(12-1-2-12)28-20(31)17-7-13(11-32-17)16-9-27-30-10-15(8-26-19(16)30)29-5-3-14(25)4-6-29/h7-12,14,18H,1-6,25H2,(H,28,31). The van der Waals surface area contributed by atoms with Crippen LogP contribution in [0.5, 0.6) is 0 Å². The van der Waals surface area contributed by atoms with E-state index in [4.69, 9.17) is 5.73 Å². The number of rotatable bonds is 5.